The van der Waals surface area contributed by atoms with E-state index in [9.17, 15) is 4.79 Å². The van der Waals surface area contributed by atoms with Gasteiger partial charge in [-0.05, 0) is 5.56 Å². The number of hydrogen-bond acceptors (Lipinski definition) is 4. The maximum atomic E-state index is 11.9. The highest BCUT2D eigenvalue weighted by molar-refractivity contribution is 7.09. The van der Waals surface area contributed by atoms with Gasteiger partial charge in [-0.1, -0.05) is 37.3 Å². The third-order valence-corrected chi connectivity index (χ3v) is 4.12. The molecular weight excluding hydrogens is 306 g/mol. The number of carbonyl (C=O) groups is 1. The van der Waals surface area contributed by atoms with Crippen LogP contribution >= 0.6 is 23.7 Å². The van der Waals surface area contributed by atoms with Crippen LogP contribution in [0.25, 0.3) is 0 Å². The maximum absolute atomic E-state index is 11.9. The minimum Gasteiger partial charge on any atom is -0.355 e. The highest BCUT2D eigenvalue weighted by Crippen LogP contribution is 2.17. The van der Waals surface area contributed by atoms with Crippen LogP contribution in [0.3, 0.4) is 0 Å². The summed E-state index contributed by atoms with van der Waals surface area (Å²) in [6.07, 6.45) is 2.08. The highest BCUT2D eigenvalue weighted by atomic mass is 35.5. The van der Waals surface area contributed by atoms with E-state index in [1.165, 1.54) is 0 Å². The first-order chi connectivity index (χ1) is 9.66. The molecule has 2 atom stereocenters. The first-order valence-electron chi connectivity index (χ1n) is 6.63. The number of nitrogens with two attached hydrogens (primary N) is 1. The molecule has 0 aliphatic carbocycles. The van der Waals surface area contributed by atoms with Crippen molar-refractivity contribution < 1.29 is 4.79 Å². The molecule has 0 radical (unpaired) electrons. The molecule has 0 aliphatic heterocycles. The van der Waals surface area contributed by atoms with Crippen molar-refractivity contribution in [2.24, 2.45) is 5.73 Å². The number of aromatic nitrogens is 1. The minimum absolute atomic E-state index is 0. The number of benzene rings is 1. The van der Waals surface area contributed by atoms with Crippen LogP contribution in [0.2, 0.25) is 0 Å². The van der Waals surface area contributed by atoms with E-state index >= 15 is 0 Å². The number of hydrogen-bond donors (Lipinski definition) is 2. The molecular formula is C15H20ClN3OS. The Morgan fingerprint density at radius 3 is 2.71 bits per heavy atom. The summed E-state index contributed by atoms with van der Waals surface area (Å²) < 4.78 is 0. The van der Waals surface area contributed by atoms with E-state index in [-0.39, 0.29) is 30.3 Å². The number of nitrogens with zero attached hydrogens (tertiary/aromatic N) is 1. The van der Waals surface area contributed by atoms with Gasteiger partial charge in [-0.3, -0.25) is 4.79 Å². The lowest BCUT2D eigenvalue weighted by Gasteiger charge is -2.14. The SMILES string of the molecule is CC(CNC(=O)CC(N)c1ccccc1)c1nccs1.Cl. The molecule has 0 saturated heterocycles. The molecule has 1 amide bonds. The van der Waals surface area contributed by atoms with Gasteiger partial charge in [0.25, 0.3) is 0 Å². The van der Waals surface area contributed by atoms with E-state index in [1.54, 1.807) is 17.5 Å². The number of carbonyl (C=O) groups excluding carboxylic acids is 1. The summed E-state index contributed by atoms with van der Waals surface area (Å²) in [5, 5.41) is 5.90. The van der Waals surface area contributed by atoms with E-state index in [2.05, 4.69) is 17.2 Å². The van der Waals surface area contributed by atoms with Crippen molar-refractivity contribution in [1.82, 2.24) is 10.3 Å². The van der Waals surface area contributed by atoms with Crippen LogP contribution in [0.15, 0.2) is 41.9 Å². The van der Waals surface area contributed by atoms with Gasteiger partial charge < -0.3 is 11.1 Å². The molecule has 6 heteroatoms. The smallest absolute Gasteiger partial charge is 0.221 e. The van der Waals surface area contributed by atoms with Gasteiger partial charge in [0.1, 0.15) is 0 Å². The standard InChI is InChI=1S/C15H19N3OS.ClH/c1-11(15-17-7-8-20-15)10-18-14(19)9-13(16)12-5-3-2-4-6-12;/h2-8,11,13H,9-10,16H2,1H3,(H,18,19);1H. The fourth-order valence-corrected chi connectivity index (χ4v) is 2.62. The van der Waals surface area contributed by atoms with Crippen LogP contribution in [0, 0.1) is 0 Å². The van der Waals surface area contributed by atoms with E-state index in [4.69, 9.17) is 5.73 Å². The van der Waals surface area contributed by atoms with Crippen molar-refractivity contribution in [3.63, 3.8) is 0 Å². The number of rotatable bonds is 6. The van der Waals surface area contributed by atoms with Crippen LogP contribution in [0.4, 0.5) is 0 Å². The molecule has 2 aromatic rings. The van der Waals surface area contributed by atoms with Crippen LogP contribution in [0.5, 0.6) is 0 Å². The van der Waals surface area contributed by atoms with Gasteiger partial charge in [-0.25, -0.2) is 4.98 Å². The second kappa shape index (κ2) is 8.77. The number of nitrogens with one attached hydrogen (secondary N) is 1. The van der Waals surface area contributed by atoms with Gasteiger partial charge in [-0.15, -0.1) is 23.7 Å². The normalized spacial score (nSPS) is 13.0. The average Bonchev–Trinajstić information content (AvgIpc) is 3.00. The van der Waals surface area contributed by atoms with E-state index in [0.717, 1.165) is 10.6 Å². The summed E-state index contributed by atoms with van der Waals surface area (Å²) in [4.78, 5) is 16.1. The molecule has 1 heterocycles. The molecule has 0 aliphatic rings. The number of thiazole rings is 1. The summed E-state index contributed by atoms with van der Waals surface area (Å²) >= 11 is 1.61. The quantitative estimate of drug-likeness (QED) is 0.858. The molecule has 1 aromatic carbocycles. The van der Waals surface area contributed by atoms with Crippen molar-refractivity contribution in [2.45, 2.75) is 25.3 Å². The molecule has 21 heavy (non-hydrogen) atoms. The van der Waals surface area contributed by atoms with Crippen molar-refractivity contribution in [3.05, 3.63) is 52.5 Å². The number of amides is 1. The molecule has 0 spiro atoms. The lowest BCUT2D eigenvalue weighted by molar-refractivity contribution is -0.121. The van der Waals surface area contributed by atoms with E-state index < -0.39 is 0 Å². The van der Waals surface area contributed by atoms with Crippen molar-refractivity contribution >= 4 is 29.7 Å². The Labute approximate surface area is 135 Å². The topological polar surface area (TPSA) is 68.0 Å². The zero-order chi connectivity index (χ0) is 14.4. The first kappa shape index (κ1) is 17.6. The minimum atomic E-state index is -0.258. The Morgan fingerprint density at radius 2 is 2.10 bits per heavy atom. The van der Waals surface area contributed by atoms with Crippen molar-refractivity contribution in [1.29, 1.82) is 0 Å². The maximum Gasteiger partial charge on any atom is 0.221 e. The Kier molecular flexibility index (Phi) is 7.36. The molecule has 0 bridgehead atoms. The van der Waals surface area contributed by atoms with E-state index in [1.807, 2.05) is 35.7 Å². The zero-order valence-electron chi connectivity index (χ0n) is 11.9. The molecule has 0 saturated carbocycles. The second-order valence-corrected chi connectivity index (χ2v) is 5.72. The molecule has 0 fully saturated rings. The Bertz CT molecular complexity index is 533. The summed E-state index contributed by atoms with van der Waals surface area (Å²) in [5.41, 5.74) is 7.01. The van der Waals surface area contributed by atoms with E-state index in [0.29, 0.717) is 13.0 Å². The lowest BCUT2D eigenvalue weighted by atomic mass is 10.0. The van der Waals surface area contributed by atoms with Crippen molar-refractivity contribution in [2.75, 3.05) is 6.54 Å². The Balaban J connectivity index is 0.00000220. The summed E-state index contributed by atoms with van der Waals surface area (Å²) in [5.74, 6) is 0.205. The van der Waals surface area contributed by atoms with Gasteiger partial charge in [0.05, 0.1) is 5.01 Å². The zero-order valence-corrected chi connectivity index (χ0v) is 13.5. The predicted octanol–water partition coefficient (Wildman–Crippen LogP) is 2.87. The molecule has 3 N–H and O–H groups in total. The molecule has 4 nitrogen and oxygen atoms in total. The number of halogens is 1. The van der Waals surface area contributed by atoms with Crippen LogP contribution in [-0.2, 0) is 4.79 Å². The summed E-state index contributed by atoms with van der Waals surface area (Å²) in [7, 11) is 0. The molecule has 2 unspecified atom stereocenters. The Morgan fingerprint density at radius 1 is 1.38 bits per heavy atom. The fraction of sp³-hybridized carbons (Fsp3) is 0.333. The predicted molar refractivity (Wildman–Crippen MR) is 88.8 cm³/mol. The first-order valence-corrected chi connectivity index (χ1v) is 7.51. The highest BCUT2D eigenvalue weighted by Gasteiger charge is 2.13. The summed E-state index contributed by atoms with van der Waals surface area (Å²) in [6, 6.07) is 9.42. The van der Waals surface area contributed by atoms with Crippen LogP contribution in [-0.4, -0.2) is 17.4 Å². The largest absolute Gasteiger partial charge is 0.355 e. The van der Waals surface area contributed by atoms with Gasteiger partial charge in [0.2, 0.25) is 5.91 Å². The van der Waals surface area contributed by atoms with Gasteiger partial charge in [-0.2, -0.15) is 0 Å². The monoisotopic (exact) mass is 325 g/mol. The van der Waals surface area contributed by atoms with Crippen LogP contribution < -0.4 is 11.1 Å². The average molecular weight is 326 g/mol. The van der Waals surface area contributed by atoms with Crippen molar-refractivity contribution in [3.8, 4) is 0 Å². The fourth-order valence-electron chi connectivity index (χ4n) is 1.92. The second-order valence-electron chi connectivity index (χ2n) is 4.80. The molecule has 114 valence electrons. The van der Waals surface area contributed by atoms with Gasteiger partial charge in [0.15, 0.2) is 0 Å². The molecule has 1 aromatic heterocycles. The third kappa shape index (κ3) is 5.46. The molecule has 2 rings (SSSR count). The van der Waals surface area contributed by atoms with Gasteiger partial charge in [0, 0.05) is 36.5 Å². The summed E-state index contributed by atoms with van der Waals surface area (Å²) in [6.45, 7) is 2.64. The Hall–Kier alpha value is -1.43. The van der Waals surface area contributed by atoms with Gasteiger partial charge >= 0.3 is 0 Å². The third-order valence-electron chi connectivity index (χ3n) is 3.11. The van der Waals surface area contributed by atoms with Crippen LogP contribution in [0.1, 0.15) is 35.9 Å². The lowest BCUT2D eigenvalue weighted by Crippen LogP contribution is -2.30.